The molecule has 0 spiro atoms. The van der Waals surface area contributed by atoms with Crippen molar-refractivity contribution in [1.82, 2.24) is 4.73 Å². The number of nitrogens with zero attached hydrogens (tertiary/aromatic N) is 2. The average Bonchev–Trinajstić information content (AvgIpc) is 2.72. The highest BCUT2D eigenvalue weighted by atomic mass is 35.5. The van der Waals surface area contributed by atoms with Crippen LogP contribution >= 0.6 is 11.6 Å². The number of benzene rings is 1. The highest BCUT2D eigenvalue weighted by Crippen LogP contribution is 2.16. The van der Waals surface area contributed by atoms with Gasteiger partial charge in [-0.3, -0.25) is 0 Å². The number of rotatable bonds is 4. The van der Waals surface area contributed by atoms with Crippen LogP contribution in [0.2, 0.25) is 0 Å². The summed E-state index contributed by atoms with van der Waals surface area (Å²) in [6, 6.07) is 9.59. The molecule has 0 amide bonds. The summed E-state index contributed by atoms with van der Waals surface area (Å²) in [5.74, 6) is 0.586. The van der Waals surface area contributed by atoms with Crippen molar-refractivity contribution in [2.24, 2.45) is 0 Å². The third-order valence-electron chi connectivity index (χ3n) is 2.29. The van der Waals surface area contributed by atoms with Gasteiger partial charge in [0.15, 0.2) is 0 Å². The number of alkyl halides is 1. The molecule has 2 aromatic rings. The largest absolute Gasteiger partial charge is 0.414 e. The van der Waals surface area contributed by atoms with Crippen molar-refractivity contribution in [1.29, 1.82) is 5.26 Å². The fourth-order valence-electron chi connectivity index (χ4n) is 1.50. The zero-order valence-corrected chi connectivity index (χ0v) is 9.44. The fourth-order valence-corrected chi connectivity index (χ4v) is 1.61. The molecule has 1 aromatic heterocycles. The van der Waals surface area contributed by atoms with Crippen molar-refractivity contribution in [3.8, 4) is 6.07 Å². The minimum Gasteiger partial charge on any atom is -0.414 e. The van der Waals surface area contributed by atoms with Gasteiger partial charge >= 0.3 is 0 Å². The van der Waals surface area contributed by atoms with E-state index in [-0.39, 0.29) is 0 Å². The Hall–Kier alpha value is -1.66. The maximum absolute atomic E-state index is 8.82. The molecular formula is C12H11ClN2O. The number of aromatic nitrogens is 1. The average molecular weight is 235 g/mol. The van der Waals surface area contributed by atoms with E-state index in [1.807, 2.05) is 24.4 Å². The second kappa shape index (κ2) is 4.91. The fraction of sp³-hybridized carbons (Fsp3) is 0.250. The standard InChI is InChI=1S/C12H11ClN2O/c13-5-1-7-16-15-6-4-11-3-2-10(9-14)8-12(11)15/h2-4,6,8H,1,5,7H2. The summed E-state index contributed by atoms with van der Waals surface area (Å²) in [5.41, 5.74) is 1.54. The Bertz CT molecular complexity index is 527. The van der Waals surface area contributed by atoms with Crippen molar-refractivity contribution >= 4 is 22.5 Å². The summed E-state index contributed by atoms with van der Waals surface area (Å²) in [7, 11) is 0. The van der Waals surface area contributed by atoms with E-state index >= 15 is 0 Å². The lowest BCUT2D eigenvalue weighted by atomic mass is 10.2. The lowest BCUT2D eigenvalue weighted by molar-refractivity contribution is 0.121. The van der Waals surface area contributed by atoms with Crippen molar-refractivity contribution in [2.75, 3.05) is 12.5 Å². The maximum atomic E-state index is 8.82. The Balaban J connectivity index is 2.28. The van der Waals surface area contributed by atoms with Crippen LogP contribution in [0.25, 0.3) is 10.9 Å². The molecule has 0 radical (unpaired) electrons. The molecular weight excluding hydrogens is 224 g/mol. The lowest BCUT2D eigenvalue weighted by Gasteiger charge is -2.06. The van der Waals surface area contributed by atoms with Gasteiger partial charge < -0.3 is 4.84 Å². The number of halogens is 1. The van der Waals surface area contributed by atoms with E-state index in [2.05, 4.69) is 6.07 Å². The number of nitriles is 1. The second-order valence-electron chi connectivity index (χ2n) is 3.40. The van der Waals surface area contributed by atoms with Crippen LogP contribution in [0, 0.1) is 11.3 Å². The number of hydrogen-bond acceptors (Lipinski definition) is 2. The van der Waals surface area contributed by atoms with Crippen molar-refractivity contribution in [2.45, 2.75) is 6.42 Å². The molecule has 0 saturated carbocycles. The van der Waals surface area contributed by atoms with Gasteiger partial charge in [-0.1, -0.05) is 6.07 Å². The number of fused-ring (bicyclic) bond motifs is 1. The third-order valence-corrected chi connectivity index (χ3v) is 2.56. The van der Waals surface area contributed by atoms with Crippen LogP contribution in [0.3, 0.4) is 0 Å². The molecule has 1 heterocycles. The van der Waals surface area contributed by atoms with Crippen LogP contribution < -0.4 is 4.84 Å². The molecule has 0 saturated heterocycles. The van der Waals surface area contributed by atoms with Crippen LogP contribution in [0.1, 0.15) is 12.0 Å². The van der Waals surface area contributed by atoms with Crippen molar-refractivity contribution in [3.63, 3.8) is 0 Å². The van der Waals surface area contributed by atoms with Gasteiger partial charge in [0.05, 0.1) is 17.1 Å². The Labute approximate surface area is 98.8 Å². The Morgan fingerprint density at radius 2 is 2.25 bits per heavy atom. The Kier molecular flexibility index (Phi) is 3.33. The third kappa shape index (κ3) is 2.12. The van der Waals surface area contributed by atoms with Gasteiger partial charge in [0.2, 0.25) is 0 Å². The molecule has 0 aliphatic carbocycles. The zero-order valence-electron chi connectivity index (χ0n) is 8.69. The monoisotopic (exact) mass is 234 g/mol. The molecule has 0 aliphatic rings. The van der Waals surface area contributed by atoms with Gasteiger partial charge in [-0.05, 0) is 24.6 Å². The van der Waals surface area contributed by atoms with E-state index in [4.69, 9.17) is 21.7 Å². The zero-order chi connectivity index (χ0) is 11.4. The summed E-state index contributed by atoms with van der Waals surface area (Å²) < 4.78 is 1.68. The molecule has 2 rings (SSSR count). The molecule has 0 atom stereocenters. The summed E-state index contributed by atoms with van der Waals surface area (Å²) in [6.45, 7) is 0.573. The summed E-state index contributed by atoms with van der Waals surface area (Å²) in [5, 5.41) is 9.88. The molecule has 4 heteroatoms. The highest BCUT2D eigenvalue weighted by Gasteiger charge is 2.02. The Morgan fingerprint density at radius 3 is 3.00 bits per heavy atom. The maximum Gasteiger partial charge on any atom is 0.116 e. The quantitative estimate of drug-likeness (QED) is 0.602. The van der Waals surface area contributed by atoms with Gasteiger partial charge in [0.1, 0.15) is 6.61 Å². The van der Waals surface area contributed by atoms with Crippen molar-refractivity contribution in [3.05, 3.63) is 36.0 Å². The minimum absolute atomic E-state index is 0.573. The van der Waals surface area contributed by atoms with E-state index in [1.165, 1.54) is 0 Å². The van der Waals surface area contributed by atoms with Gasteiger partial charge in [0, 0.05) is 17.5 Å². The van der Waals surface area contributed by atoms with E-state index in [0.29, 0.717) is 18.1 Å². The van der Waals surface area contributed by atoms with Crippen LogP contribution in [0.5, 0.6) is 0 Å². The first kappa shape index (κ1) is 10.8. The molecule has 3 nitrogen and oxygen atoms in total. The van der Waals surface area contributed by atoms with Gasteiger partial charge in [-0.25, -0.2) is 0 Å². The predicted octanol–water partition coefficient (Wildman–Crippen LogP) is 2.57. The molecule has 82 valence electrons. The van der Waals surface area contributed by atoms with E-state index in [0.717, 1.165) is 17.3 Å². The van der Waals surface area contributed by atoms with E-state index in [1.54, 1.807) is 10.8 Å². The SMILES string of the molecule is N#Cc1ccc2ccn(OCCCCl)c2c1. The van der Waals surface area contributed by atoms with E-state index in [9.17, 15) is 0 Å². The normalized spacial score (nSPS) is 10.2. The number of hydrogen-bond donors (Lipinski definition) is 0. The first-order chi connectivity index (χ1) is 7.85. The molecule has 0 bridgehead atoms. The first-order valence-electron chi connectivity index (χ1n) is 5.05. The summed E-state index contributed by atoms with van der Waals surface area (Å²) >= 11 is 5.58. The van der Waals surface area contributed by atoms with Gasteiger partial charge in [0.25, 0.3) is 0 Å². The Morgan fingerprint density at radius 1 is 1.38 bits per heavy atom. The van der Waals surface area contributed by atoms with Crippen LogP contribution in [-0.4, -0.2) is 17.2 Å². The summed E-state index contributed by atoms with van der Waals surface area (Å²) in [6.07, 6.45) is 2.65. The lowest BCUT2D eigenvalue weighted by Crippen LogP contribution is -2.11. The molecule has 0 N–H and O–H groups in total. The molecule has 1 aromatic carbocycles. The van der Waals surface area contributed by atoms with Crippen LogP contribution in [0.15, 0.2) is 30.5 Å². The molecule has 16 heavy (non-hydrogen) atoms. The smallest absolute Gasteiger partial charge is 0.116 e. The van der Waals surface area contributed by atoms with Gasteiger partial charge in [-0.2, -0.15) is 9.99 Å². The minimum atomic E-state index is 0.573. The first-order valence-corrected chi connectivity index (χ1v) is 5.59. The second-order valence-corrected chi connectivity index (χ2v) is 3.78. The predicted molar refractivity (Wildman–Crippen MR) is 63.4 cm³/mol. The molecule has 0 unspecified atom stereocenters. The molecule has 0 aliphatic heterocycles. The van der Waals surface area contributed by atoms with Crippen molar-refractivity contribution < 1.29 is 4.84 Å². The van der Waals surface area contributed by atoms with Gasteiger partial charge in [-0.15, -0.1) is 11.6 Å². The topological polar surface area (TPSA) is 38.0 Å². The summed E-state index contributed by atoms with van der Waals surface area (Å²) in [4.78, 5) is 5.52. The highest BCUT2D eigenvalue weighted by molar-refractivity contribution is 6.17. The van der Waals surface area contributed by atoms with Crippen LogP contribution in [-0.2, 0) is 0 Å². The van der Waals surface area contributed by atoms with Crippen LogP contribution in [0.4, 0.5) is 0 Å². The molecule has 0 fully saturated rings. The van der Waals surface area contributed by atoms with E-state index < -0.39 is 0 Å².